The van der Waals surface area contributed by atoms with Gasteiger partial charge in [-0.05, 0) is 31.5 Å². The highest BCUT2D eigenvalue weighted by molar-refractivity contribution is 9.10. The van der Waals surface area contributed by atoms with Gasteiger partial charge in [-0.2, -0.15) is 0 Å². The minimum atomic E-state index is 0.692. The molecule has 2 nitrogen and oxygen atoms in total. The van der Waals surface area contributed by atoms with Crippen LogP contribution in [0.4, 0.5) is 0 Å². The molecule has 0 spiro atoms. The fraction of sp³-hybridized carbons (Fsp3) is 0.308. The van der Waals surface area contributed by atoms with Crippen LogP contribution in [0.3, 0.4) is 0 Å². The molecule has 4 heteroatoms. The smallest absolute Gasteiger partial charge is 0.0975 e. The van der Waals surface area contributed by atoms with Gasteiger partial charge in [0.1, 0.15) is 0 Å². The van der Waals surface area contributed by atoms with Crippen LogP contribution in [0.5, 0.6) is 0 Å². The summed E-state index contributed by atoms with van der Waals surface area (Å²) in [5.74, 6) is 0. The van der Waals surface area contributed by atoms with Crippen LogP contribution in [-0.2, 0) is 12.8 Å². The summed E-state index contributed by atoms with van der Waals surface area (Å²) in [7, 11) is 0. The zero-order valence-corrected chi connectivity index (χ0v) is 12.1. The summed E-state index contributed by atoms with van der Waals surface area (Å²) in [5, 5.41) is 1.16. The Kier molecular flexibility index (Phi) is 4.31. The van der Waals surface area contributed by atoms with Gasteiger partial charge in [0.2, 0.25) is 0 Å². The van der Waals surface area contributed by atoms with Crippen molar-refractivity contribution in [3.8, 4) is 0 Å². The lowest BCUT2D eigenvalue weighted by Gasteiger charge is -2.00. The Morgan fingerprint density at radius 2 is 2.12 bits per heavy atom. The second kappa shape index (κ2) is 5.76. The van der Waals surface area contributed by atoms with E-state index in [0.717, 1.165) is 28.0 Å². The first-order valence-corrected chi connectivity index (χ1v) is 7.20. The van der Waals surface area contributed by atoms with Crippen molar-refractivity contribution in [2.45, 2.75) is 19.8 Å². The number of aromatic nitrogens is 1. The summed E-state index contributed by atoms with van der Waals surface area (Å²) in [6.45, 7) is 2.75. The van der Waals surface area contributed by atoms with E-state index in [1.807, 2.05) is 6.07 Å². The molecule has 2 aromatic rings. The van der Waals surface area contributed by atoms with E-state index < -0.39 is 0 Å². The molecule has 0 aliphatic heterocycles. The lowest BCUT2D eigenvalue weighted by atomic mass is 10.2. The molecule has 1 aromatic heterocycles. The molecule has 0 aliphatic rings. The summed E-state index contributed by atoms with van der Waals surface area (Å²) >= 11 is 5.34. The quantitative estimate of drug-likeness (QED) is 0.941. The van der Waals surface area contributed by atoms with Gasteiger partial charge in [0, 0.05) is 15.8 Å². The number of halogens is 1. The number of benzene rings is 1. The monoisotopic (exact) mass is 310 g/mol. The topological polar surface area (TPSA) is 38.9 Å². The van der Waals surface area contributed by atoms with Gasteiger partial charge in [-0.25, -0.2) is 4.98 Å². The third-order valence-corrected chi connectivity index (χ3v) is 4.60. The first kappa shape index (κ1) is 12.7. The molecular formula is C13H15BrN2S. The molecule has 0 atom stereocenters. The van der Waals surface area contributed by atoms with Crippen LogP contribution < -0.4 is 5.73 Å². The van der Waals surface area contributed by atoms with E-state index in [1.54, 1.807) is 11.3 Å². The maximum absolute atomic E-state index is 5.59. The number of aryl methyl sites for hydroxylation is 1. The van der Waals surface area contributed by atoms with Crippen molar-refractivity contribution >= 4 is 27.3 Å². The summed E-state index contributed by atoms with van der Waals surface area (Å²) in [6, 6.07) is 8.28. The normalized spacial score (nSPS) is 10.8. The number of nitrogens with two attached hydrogens (primary N) is 1. The van der Waals surface area contributed by atoms with E-state index in [1.165, 1.54) is 10.4 Å². The van der Waals surface area contributed by atoms with Crippen LogP contribution in [0, 0.1) is 6.92 Å². The SMILES string of the molecule is Cc1nc(Cc2ccccc2Br)sc1CCN. The van der Waals surface area contributed by atoms with E-state index in [4.69, 9.17) is 5.73 Å². The van der Waals surface area contributed by atoms with E-state index in [9.17, 15) is 0 Å². The summed E-state index contributed by atoms with van der Waals surface area (Å²) in [4.78, 5) is 5.92. The van der Waals surface area contributed by atoms with Crippen molar-refractivity contribution in [3.63, 3.8) is 0 Å². The van der Waals surface area contributed by atoms with Gasteiger partial charge in [-0.3, -0.25) is 0 Å². The van der Waals surface area contributed by atoms with E-state index in [0.29, 0.717) is 6.54 Å². The zero-order chi connectivity index (χ0) is 12.3. The number of nitrogens with zero attached hydrogens (tertiary/aromatic N) is 1. The summed E-state index contributed by atoms with van der Waals surface area (Å²) < 4.78 is 1.15. The van der Waals surface area contributed by atoms with Gasteiger partial charge < -0.3 is 5.73 Å². The molecule has 2 rings (SSSR count). The third-order valence-electron chi connectivity index (χ3n) is 2.61. The summed E-state index contributed by atoms with van der Waals surface area (Å²) in [6.07, 6.45) is 1.82. The lowest BCUT2D eigenvalue weighted by Crippen LogP contribution is -2.01. The third kappa shape index (κ3) is 3.15. The molecule has 0 bridgehead atoms. The molecule has 0 saturated carbocycles. The standard InChI is InChI=1S/C13H15BrN2S/c1-9-12(6-7-15)17-13(16-9)8-10-4-2-3-5-11(10)14/h2-5H,6-8,15H2,1H3. The Balaban J connectivity index is 2.19. The molecule has 0 fully saturated rings. The Morgan fingerprint density at radius 3 is 2.82 bits per heavy atom. The molecule has 0 saturated heterocycles. The molecule has 0 amide bonds. The van der Waals surface area contributed by atoms with Crippen LogP contribution in [0.2, 0.25) is 0 Å². The fourth-order valence-electron chi connectivity index (χ4n) is 1.73. The minimum Gasteiger partial charge on any atom is -0.330 e. The molecule has 2 N–H and O–H groups in total. The van der Waals surface area contributed by atoms with Crippen LogP contribution in [0.25, 0.3) is 0 Å². The fourth-order valence-corrected chi connectivity index (χ4v) is 3.26. The molecule has 1 heterocycles. The van der Waals surface area contributed by atoms with Crippen molar-refractivity contribution in [2.24, 2.45) is 5.73 Å². The van der Waals surface area contributed by atoms with Gasteiger partial charge in [-0.1, -0.05) is 34.1 Å². The average molecular weight is 311 g/mol. The van der Waals surface area contributed by atoms with Crippen LogP contribution in [0.1, 0.15) is 21.1 Å². The predicted molar refractivity (Wildman–Crippen MR) is 76.6 cm³/mol. The average Bonchev–Trinajstić information content (AvgIpc) is 2.63. The molecular weight excluding hydrogens is 296 g/mol. The van der Waals surface area contributed by atoms with Crippen molar-refractivity contribution in [2.75, 3.05) is 6.54 Å². The van der Waals surface area contributed by atoms with Gasteiger partial charge in [-0.15, -0.1) is 11.3 Å². The molecule has 90 valence electrons. The minimum absolute atomic E-state index is 0.692. The number of thiazole rings is 1. The number of hydrogen-bond donors (Lipinski definition) is 1. The highest BCUT2D eigenvalue weighted by Crippen LogP contribution is 2.24. The van der Waals surface area contributed by atoms with Gasteiger partial charge in [0.25, 0.3) is 0 Å². The molecule has 0 unspecified atom stereocenters. The van der Waals surface area contributed by atoms with Gasteiger partial charge in [0.05, 0.1) is 10.7 Å². The second-order valence-corrected chi connectivity index (χ2v) is 5.95. The number of hydrogen-bond acceptors (Lipinski definition) is 3. The molecule has 1 aromatic carbocycles. The van der Waals surface area contributed by atoms with Crippen LogP contribution in [0.15, 0.2) is 28.7 Å². The lowest BCUT2D eigenvalue weighted by molar-refractivity contribution is 0.966. The maximum atomic E-state index is 5.59. The predicted octanol–water partition coefficient (Wildman–Crippen LogP) is 3.31. The second-order valence-electron chi connectivity index (χ2n) is 3.92. The molecule has 0 aliphatic carbocycles. The van der Waals surface area contributed by atoms with Crippen molar-refractivity contribution < 1.29 is 0 Å². The van der Waals surface area contributed by atoms with E-state index in [2.05, 4.69) is 46.0 Å². The van der Waals surface area contributed by atoms with E-state index >= 15 is 0 Å². The largest absolute Gasteiger partial charge is 0.330 e. The Hall–Kier alpha value is -0.710. The Bertz CT molecular complexity index is 508. The molecule has 0 radical (unpaired) electrons. The number of rotatable bonds is 4. The highest BCUT2D eigenvalue weighted by atomic mass is 79.9. The van der Waals surface area contributed by atoms with Gasteiger partial charge >= 0.3 is 0 Å². The van der Waals surface area contributed by atoms with Crippen molar-refractivity contribution in [1.29, 1.82) is 0 Å². The zero-order valence-electron chi connectivity index (χ0n) is 9.74. The molecule has 17 heavy (non-hydrogen) atoms. The summed E-state index contributed by atoms with van der Waals surface area (Å²) in [5.41, 5.74) is 7.99. The van der Waals surface area contributed by atoms with Crippen LogP contribution >= 0.6 is 27.3 Å². The maximum Gasteiger partial charge on any atom is 0.0975 e. The van der Waals surface area contributed by atoms with Gasteiger partial charge in [0.15, 0.2) is 0 Å². The van der Waals surface area contributed by atoms with Crippen molar-refractivity contribution in [1.82, 2.24) is 4.98 Å². The Labute approximate surface area is 114 Å². The Morgan fingerprint density at radius 1 is 1.35 bits per heavy atom. The first-order valence-electron chi connectivity index (χ1n) is 5.59. The highest BCUT2D eigenvalue weighted by Gasteiger charge is 2.08. The van der Waals surface area contributed by atoms with E-state index in [-0.39, 0.29) is 0 Å². The van der Waals surface area contributed by atoms with Crippen LogP contribution in [-0.4, -0.2) is 11.5 Å². The van der Waals surface area contributed by atoms with Crippen molar-refractivity contribution in [3.05, 3.63) is 49.9 Å². The first-order chi connectivity index (χ1) is 8.20.